The van der Waals surface area contributed by atoms with Crippen LogP contribution < -0.4 is 10.9 Å². The van der Waals surface area contributed by atoms with Crippen LogP contribution in [0.25, 0.3) is 0 Å². The molecule has 0 aliphatic carbocycles. The Labute approximate surface area is 128 Å². The van der Waals surface area contributed by atoms with Crippen LogP contribution in [0.15, 0.2) is 15.5 Å². The number of aromatic nitrogens is 2. The van der Waals surface area contributed by atoms with E-state index in [1.165, 1.54) is 4.68 Å². The molecule has 1 heterocycles. The molecular formula is C14H24BrN3O2. The Morgan fingerprint density at radius 3 is 2.80 bits per heavy atom. The second-order valence-electron chi connectivity index (χ2n) is 5.66. The van der Waals surface area contributed by atoms with E-state index in [2.05, 4.69) is 40.2 Å². The Kier molecular flexibility index (Phi) is 6.68. The molecule has 1 rings (SSSR count). The van der Waals surface area contributed by atoms with Crippen molar-refractivity contribution < 1.29 is 4.74 Å². The standard InChI is InChI=1S/C14H24BrN3O2/c1-5-7-18-13(19)12(15)11(9-17-18)16-10-14(2,3)6-8-20-4/h9,16H,5-8,10H2,1-4H3. The molecule has 20 heavy (non-hydrogen) atoms. The number of ether oxygens (including phenoxy) is 1. The normalized spacial score (nSPS) is 11.7. The second-order valence-corrected chi connectivity index (χ2v) is 6.45. The summed E-state index contributed by atoms with van der Waals surface area (Å²) in [6, 6.07) is 0. The monoisotopic (exact) mass is 345 g/mol. The molecule has 0 bridgehead atoms. The summed E-state index contributed by atoms with van der Waals surface area (Å²) in [5.74, 6) is 0. The molecule has 114 valence electrons. The molecule has 1 aromatic rings. The molecule has 0 saturated carbocycles. The SMILES string of the molecule is CCCn1ncc(NCC(C)(C)CCOC)c(Br)c1=O. The molecule has 0 unspecified atom stereocenters. The summed E-state index contributed by atoms with van der Waals surface area (Å²) < 4.78 is 7.13. The van der Waals surface area contributed by atoms with Crippen molar-refractivity contribution in [2.24, 2.45) is 5.41 Å². The summed E-state index contributed by atoms with van der Waals surface area (Å²) in [6.07, 6.45) is 3.54. The fraction of sp³-hybridized carbons (Fsp3) is 0.714. The summed E-state index contributed by atoms with van der Waals surface area (Å²) in [5.41, 5.74) is 0.743. The maximum Gasteiger partial charge on any atom is 0.283 e. The van der Waals surface area contributed by atoms with Crippen LogP contribution in [0.4, 0.5) is 5.69 Å². The third kappa shape index (κ3) is 4.90. The predicted octanol–water partition coefficient (Wildman–Crippen LogP) is 2.89. The van der Waals surface area contributed by atoms with Crippen LogP contribution in [0, 0.1) is 5.41 Å². The number of anilines is 1. The van der Waals surface area contributed by atoms with Gasteiger partial charge >= 0.3 is 0 Å². The number of aryl methyl sites for hydroxylation is 1. The molecule has 0 spiro atoms. The zero-order valence-electron chi connectivity index (χ0n) is 12.7. The fourth-order valence-electron chi connectivity index (χ4n) is 1.76. The smallest absolute Gasteiger partial charge is 0.283 e. The number of nitrogens with zero attached hydrogens (tertiary/aromatic N) is 2. The van der Waals surface area contributed by atoms with E-state index in [0.29, 0.717) is 11.0 Å². The topological polar surface area (TPSA) is 56.1 Å². The number of methoxy groups -OCH3 is 1. The first-order chi connectivity index (χ1) is 9.41. The van der Waals surface area contributed by atoms with Gasteiger partial charge in [-0.1, -0.05) is 20.8 Å². The van der Waals surface area contributed by atoms with Gasteiger partial charge in [-0.05, 0) is 34.2 Å². The number of halogens is 1. The summed E-state index contributed by atoms with van der Waals surface area (Å²) >= 11 is 3.36. The van der Waals surface area contributed by atoms with E-state index in [1.54, 1.807) is 13.3 Å². The van der Waals surface area contributed by atoms with Crippen molar-refractivity contribution >= 4 is 21.6 Å². The zero-order valence-corrected chi connectivity index (χ0v) is 14.3. The molecular weight excluding hydrogens is 322 g/mol. The van der Waals surface area contributed by atoms with E-state index in [4.69, 9.17) is 4.74 Å². The van der Waals surface area contributed by atoms with Gasteiger partial charge in [-0.2, -0.15) is 5.10 Å². The van der Waals surface area contributed by atoms with Crippen LogP contribution in [0.5, 0.6) is 0 Å². The van der Waals surface area contributed by atoms with Crippen molar-refractivity contribution in [3.8, 4) is 0 Å². The van der Waals surface area contributed by atoms with E-state index in [9.17, 15) is 4.79 Å². The van der Waals surface area contributed by atoms with Crippen molar-refractivity contribution in [2.45, 2.75) is 40.2 Å². The summed E-state index contributed by atoms with van der Waals surface area (Å²) in [6.45, 7) is 8.47. The summed E-state index contributed by atoms with van der Waals surface area (Å²) in [7, 11) is 1.71. The van der Waals surface area contributed by atoms with Gasteiger partial charge < -0.3 is 10.1 Å². The highest BCUT2D eigenvalue weighted by molar-refractivity contribution is 9.10. The molecule has 1 N–H and O–H groups in total. The van der Waals surface area contributed by atoms with Gasteiger partial charge in [0.15, 0.2) is 0 Å². The van der Waals surface area contributed by atoms with Gasteiger partial charge in [0.1, 0.15) is 4.47 Å². The number of nitrogens with one attached hydrogen (secondary N) is 1. The lowest BCUT2D eigenvalue weighted by Crippen LogP contribution is -2.28. The average Bonchev–Trinajstić information content (AvgIpc) is 2.41. The Balaban J connectivity index is 2.74. The minimum atomic E-state index is -0.0912. The third-order valence-electron chi connectivity index (χ3n) is 3.16. The molecule has 0 aliphatic heterocycles. The highest BCUT2D eigenvalue weighted by Gasteiger charge is 2.18. The maximum atomic E-state index is 12.1. The molecule has 6 heteroatoms. The third-order valence-corrected chi connectivity index (χ3v) is 3.93. The molecule has 0 fully saturated rings. The number of rotatable bonds is 8. The van der Waals surface area contributed by atoms with E-state index < -0.39 is 0 Å². The average molecular weight is 346 g/mol. The van der Waals surface area contributed by atoms with Crippen molar-refractivity contribution in [1.82, 2.24) is 9.78 Å². The zero-order chi connectivity index (χ0) is 15.2. The molecule has 0 aliphatic rings. The number of hydrogen-bond acceptors (Lipinski definition) is 4. The Bertz CT molecular complexity index is 486. The van der Waals surface area contributed by atoms with Crippen LogP contribution in [-0.2, 0) is 11.3 Å². The van der Waals surface area contributed by atoms with Crippen LogP contribution in [0.1, 0.15) is 33.6 Å². The lowest BCUT2D eigenvalue weighted by atomic mass is 9.89. The lowest BCUT2D eigenvalue weighted by molar-refractivity contribution is 0.157. The molecule has 1 aromatic heterocycles. The van der Waals surface area contributed by atoms with Gasteiger partial charge in [-0.25, -0.2) is 4.68 Å². The fourth-order valence-corrected chi connectivity index (χ4v) is 2.21. The highest BCUT2D eigenvalue weighted by Crippen LogP contribution is 2.23. The minimum Gasteiger partial charge on any atom is -0.385 e. The highest BCUT2D eigenvalue weighted by atomic mass is 79.9. The molecule has 0 atom stereocenters. The maximum absolute atomic E-state index is 12.1. The minimum absolute atomic E-state index is 0.0910. The number of hydrogen-bond donors (Lipinski definition) is 1. The predicted molar refractivity (Wildman–Crippen MR) is 85.3 cm³/mol. The van der Waals surface area contributed by atoms with Gasteiger partial charge in [0.2, 0.25) is 0 Å². The lowest BCUT2D eigenvalue weighted by Gasteiger charge is -2.25. The first kappa shape index (κ1) is 17.2. The van der Waals surface area contributed by atoms with E-state index in [1.807, 2.05) is 6.92 Å². The van der Waals surface area contributed by atoms with E-state index in [0.717, 1.165) is 31.7 Å². The van der Waals surface area contributed by atoms with Crippen molar-refractivity contribution in [3.63, 3.8) is 0 Å². The van der Waals surface area contributed by atoms with Gasteiger partial charge in [-0.3, -0.25) is 4.79 Å². The van der Waals surface area contributed by atoms with Gasteiger partial charge in [0.05, 0.1) is 11.9 Å². The Hall–Kier alpha value is -0.880. The first-order valence-corrected chi connectivity index (χ1v) is 7.69. The molecule has 0 radical (unpaired) electrons. The van der Waals surface area contributed by atoms with Gasteiger partial charge in [0, 0.05) is 26.8 Å². The van der Waals surface area contributed by atoms with Crippen LogP contribution in [0.3, 0.4) is 0 Å². The Morgan fingerprint density at radius 2 is 2.20 bits per heavy atom. The van der Waals surface area contributed by atoms with E-state index >= 15 is 0 Å². The quantitative estimate of drug-likeness (QED) is 0.786. The van der Waals surface area contributed by atoms with Crippen LogP contribution in [0.2, 0.25) is 0 Å². The van der Waals surface area contributed by atoms with Gasteiger partial charge in [0.25, 0.3) is 5.56 Å². The second kappa shape index (κ2) is 7.78. The molecule has 0 aromatic carbocycles. The van der Waals surface area contributed by atoms with E-state index in [-0.39, 0.29) is 11.0 Å². The van der Waals surface area contributed by atoms with Crippen LogP contribution in [-0.4, -0.2) is 30.0 Å². The van der Waals surface area contributed by atoms with Gasteiger partial charge in [-0.15, -0.1) is 0 Å². The van der Waals surface area contributed by atoms with Crippen molar-refractivity contribution in [3.05, 3.63) is 21.0 Å². The summed E-state index contributed by atoms with van der Waals surface area (Å²) in [5, 5.41) is 7.47. The summed E-state index contributed by atoms with van der Waals surface area (Å²) in [4.78, 5) is 12.1. The first-order valence-electron chi connectivity index (χ1n) is 6.89. The van der Waals surface area contributed by atoms with Crippen molar-refractivity contribution in [1.29, 1.82) is 0 Å². The molecule has 0 saturated heterocycles. The molecule has 5 nitrogen and oxygen atoms in total. The largest absolute Gasteiger partial charge is 0.385 e. The van der Waals surface area contributed by atoms with Crippen LogP contribution >= 0.6 is 15.9 Å². The Morgan fingerprint density at radius 1 is 1.50 bits per heavy atom. The molecule has 0 amide bonds. The van der Waals surface area contributed by atoms with Crippen molar-refractivity contribution in [2.75, 3.05) is 25.6 Å².